The minimum atomic E-state index is 0.0504. The summed E-state index contributed by atoms with van der Waals surface area (Å²) < 4.78 is 5.70. The summed E-state index contributed by atoms with van der Waals surface area (Å²) in [7, 11) is 0. The number of hydrogen-bond donors (Lipinski definition) is 0. The van der Waals surface area contributed by atoms with Crippen LogP contribution in [-0.4, -0.2) is 6.61 Å². The fraction of sp³-hybridized carbons (Fsp3) is 0.611. The average Bonchev–Trinajstić information content (AvgIpc) is 2.48. The van der Waals surface area contributed by atoms with Gasteiger partial charge < -0.3 is 4.74 Å². The largest absolute Gasteiger partial charge is 0.493 e. The molecule has 0 aromatic heterocycles. The molecule has 0 amide bonds. The maximum absolute atomic E-state index is 9.50. The zero-order chi connectivity index (χ0) is 14.4. The van der Waals surface area contributed by atoms with Gasteiger partial charge in [0.25, 0.3) is 0 Å². The van der Waals surface area contributed by atoms with E-state index in [-0.39, 0.29) is 5.92 Å². The van der Waals surface area contributed by atoms with Crippen LogP contribution in [0.15, 0.2) is 24.3 Å². The van der Waals surface area contributed by atoms with E-state index < -0.39 is 0 Å². The van der Waals surface area contributed by atoms with Crippen molar-refractivity contribution < 1.29 is 4.74 Å². The van der Waals surface area contributed by atoms with Crippen molar-refractivity contribution in [3.8, 4) is 11.8 Å². The van der Waals surface area contributed by atoms with E-state index in [1.54, 1.807) is 0 Å². The third kappa shape index (κ3) is 4.00. The topological polar surface area (TPSA) is 33.0 Å². The number of hydrogen-bond acceptors (Lipinski definition) is 2. The van der Waals surface area contributed by atoms with Crippen LogP contribution in [0.1, 0.15) is 57.4 Å². The van der Waals surface area contributed by atoms with Crippen LogP contribution >= 0.6 is 0 Å². The van der Waals surface area contributed by atoms with E-state index >= 15 is 0 Å². The molecule has 1 aromatic rings. The molecule has 0 saturated heterocycles. The lowest BCUT2D eigenvalue weighted by atomic mass is 9.77. The van der Waals surface area contributed by atoms with Gasteiger partial charge in [-0.1, -0.05) is 45.2 Å². The highest BCUT2D eigenvalue weighted by molar-refractivity contribution is 5.32. The van der Waals surface area contributed by atoms with Gasteiger partial charge in [-0.25, -0.2) is 0 Å². The Morgan fingerprint density at radius 1 is 1.15 bits per heavy atom. The standard InChI is InChI=1S/C18H25NO/c1-14(2)13-20-17-10-8-16(9-11-17)18(12-19)15-6-4-3-5-7-15/h8-11,14-15,18H,3-7,13H2,1-2H3. The Morgan fingerprint density at radius 2 is 1.80 bits per heavy atom. The number of ether oxygens (including phenoxy) is 1. The van der Waals surface area contributed by atoms with Gasteiger partial charge in [0.05, 0.1) is 18.6 Å². The summed E-state index contributed by atoms with van der Waals surface area (Å²) >= 11 is 0. The van der Waals surface area contributed by atoms with Crippen molar-refractivity contribution in [3.63, 3.8) is 0 Å². The quantitative estimate of drug-likeness (QED) is 0.762. The first-order chi connectivity index (χ1) is 9.70. The second-order valence-corrected chi connectivity index (χ2v) is 6.28. The molecule has 1 atom stereocenters. The van der Waals surface area contributed by atoms with Gasteiger partial charge in [-0.2, -0.15) is 5.26 Å². The van der Waals surface area contributed by atoms with Gasteiger partial charge >= 0.3 is 0 Å². The van der Waals surface area contributed by atoms with E-state index in [1.807, 2.05) is 12.1 Å². The Morgan fingerprint density at radius 3 is 2.35 bits per heavy atom. The van der Waals surface area contributed by atoms with Gasteiger partial charge in [-0.05, 0) is 42.4 Å². The van der Waals surface area contributed by atoms with Crippen molar-refractivity contribution in [2.24, 2.45) is 11.8 Å². The summed E-state index contributed by atoms with van der Waals surface area (Å²) in [6, 6.07) is 10.7. The Bertz CT molecular complexity index is 437. The molecule has 2 rings (SSSR count). The molecule has 1 saturated carbocycles. The molecule has 1 fully saturated rings. The molecular weight excluding hydrogens is 246 g/mol. The zero-order valence-corrected chi connectivity index (χ0v) is 12.6. The Hall–Kier alpha value is -1.49. The highest BCUT2D eigenvalue weighted by Crippen LogP contribution is 2.36. The minimum absolute atomic E-state index is 0.0504. The molecule has 0 bridgehead atoms. The summed E-state index contributed by atoms with van der Waals surface area (Å²) in [6.45, 7) is 5.02. The third-order valence-electron chi connectivity index (χ3n) is 4.08. The Labute approximate surface area is 122 Å². The van der Waals surface area contributed by atoms with Gasteiger partial charge in [0.15, 0.2) is 0 Å². The van der Waals surface area contributed by atoms with Crippen molar-refractivity contribution in [2.45, 2.75) is 51.9 Å². The first-order valence-corrected chi connectivity index (χ1v) is 7.83. The monoisotopic (exact) mass is 271 g/mol. The summed E-state index contributed by atoms with van der Waals surface area (Å²) in [5, 5.41) is 9.50. The van der Waals surface area contributed by atoms with E-state index in [0.29, 0.717) is 11.8 Å². The molecule has 0 spiro atoms. The van der Waals surface area contributed by atoms with Crippen molar-refractivity contribution in [1.82, 2.24) is 0 Å². The van der Waals surface area contributed by atoms with Gasteiger partial charge in [0.1, 0.15) is 5.75 Å². The number of nitrogens with zero attached hydrogens (tertiary/aromatic N) is 1. The molecule has 1 aromatic carbocycles. The molecule has 108 valence electrons. The molecule has 0 aliphatic heterocycles. The SMILES string of the molecule is CC(C)COc1ccc(C(C#N)C2CCCCC2)cc1. The van der Waals surface area contributed by atoms with Gasteiger partial charge in [0, 0.05) is 0 Å². The van der Waals surface area contributed by atoms with Crippen LogP contribution in [0.25, 0.3) is 0 Å². The lowest BCUT2D eigenvalue weighted by Gasteiger charge is -2.26. The van der Waals surface area contributed by atoms with Crippen LogP contribution in [-0.2, 0) is 0 Å². The minimum Gasteiger partial charge on any atom is -0.493 e. The van der Waals surface area contributed by atoms with Gasteiger partial charge in [-0.3, -0.25) is 0 Å². The van der Waals surface area contributed by atoms with E-state index in [4.69, 9.17) is 4.74 Å². The molecule has 0 N–H and O–H groups in total. The van der Waals surface area contributed by atoms with Gasteiger partial charge in [0.2, 0.25) is 0 Å². The first-order valence-electron chi connectivity index (χ1n) is 7.83. The molecule has 1 aliphatic carbocycles. The third-order valence-corrected chi connectivity index (χ3v) is 4.08. The van der Waals surface area contributed by atoms with E-state index in [2.05, 4.69) is 32.0 Å². The molecule has 0 heterocycles. The predicted molar refractivity (Wildman–Crippen MR) is 81.7 cm³/mol. The van der Waals surface area contributed by atoms with Crippen LogP contribution in [0.3, 0.4) is 0 Å². The highest BCUT2D eigenvalue weighted by atomic mass is 16.5. The fourth-order valence-electron chi connectivity index (χ4n) is 2.95. The maximum atomic E-state index is 9.50. The highest BCUT2D eigenvalue weighted by Gasteiger charge is 2.24. The molecule has 1 unspecified atom stereocenters. The van der Waals surface area contributed by atoms with E-state index in [0.717, 1.165) is 17.9 Å². The normalized spacial score (nSPS) is 17.7. The summed E-state index contributed by atoms with van der Waals surface area (Å²) in [5.74, 6) is 2.03. The second kappa shape index (κ2) is 7.33. The molecule has 0 radical (unpaired) electrons. The van der Waals surface area contributed by atoms with Crippen molar-refractivity contribution >= 4 is 0 Å². The van der Waals surface area contributed by atoms with Gasteiger partial charge in [-0.15, -0.1) is 0 Å². The summed E-state index contributed by atoms with van der Waals surface area (Å²) in [4.78, 5) is 0. The molecular formula is C18H25NO. The molecule has 1 aliphatic rings. The smallest absolute Gasteiger partial charge is 0.119 e. The predicted octanol–water partition coefficient (Wildman–Crippen LogP) is 4.91. The zero-order valence-electron chi connectivity index (χ0n) is 12.6. The molecule has 2 heteroatoms. The van der Waals surface area contributed by atoms with Crippen LogP contribution in [0.2, 0.25) is 0 Å². The van der Waals surface area contributed by atoms with E-state index in [1.165, 1.54) is 32.1 Å². The van der Waals surface area contributed by atoms with Crippen LogP contribution in [0.4, 0.5) is 0 Å². The van der Waals surface area contributed by atoms with Crippen LogP contribution < -0.4 is 4.74 Å². The first kappa shape index (κ1) is 14.9. The van der Waals surface area contributed by atoms with Crippen molar-refractivity contribution in [1.29, 1.82) is 5.26 Å². The number of nitriles is 1. The Balaban J connectivity index is 2.01. The molecule has 20 heavy (non-hydrogen) atoms. The van der Waals surface area contributed by atoms with Crippen molar-refractivity contribution in [3.05, 3.63) is 29.8 Å². The average molecular weight is 271 g/mol. The summed E-state index contributed by atoms with van der Waals surface area (Å²) in [6.07, 6.45) is 6.28. The Kier molecular flexibility index (Phi) is 5.47. The lowest BCUT2D eigenvalue weighted by molar-refractivity contribution is 0.271. The number of benzene rings is 1. The lowest BCUT2D eigenvalue weighted by Crippen LogP contribution is -2.15. The van der Waals surface area contributed by atoms with E-state index in [9.17, 15) is 5.26 Å². The number of rotatable bonds is 5. The van der Waals surface area contributed by atoms with Crippen LogP contribution in [0, 0.1) is 23.2 Å². The second-order valence-electron chi connectivity index (χ2n) is 6.28. The van der Waals surface area contributed by atoms with Crippen molar-refractivity contribution in [2.75, 3.05) is 6.61 Å². The summed E-state index contributed by atoms with van der Waals surface area (Å²) in [5.41, 5.74) is 1.15. The molecule has 2 nitrogen and oxygen atoms in total. The van der Waals surface area contributed by atoms with Crippen LogP contribution in [0.5, 0.6) is 5.75 Å². The maximum Gasteiger partial charge on any atom is 0.119 e. The fourth-order valence-corrected chi connectivity index (χ4v) is 2.95.